The van der Waals surface area contributed by atoms with E-state index in [-0.39, 0.29) is 18.3 Å². The van der Waals surface area contributed by atoms with E-state index in [1.165, 1.54) is 0 Å². The first-order valence-corrected chi connectivity index (χ1v) is 9.39. The largest absolute Gasteiger partial charge is 0.497 e. The molecule has 1 aromatic carbocycles. The summed E-state index contributed by atoms with van der Waals surface area (Å²) >= 11 is 0. The highest BCUT2D eigenvalue weighted by Gasteiger charge is 2.19. The third-order valence-corrected chi connectivity index (χ3v) is 4.36. The molecule has 0 aromatic heterocycles. The summed E-state index contributed by atoms with van der Waals surface area (Å²) in [4.78, 5) is 28.7. The van der Waals surface area contributed by atoms with Gasteiger partial charge >= 0.3 is 5.97 Å². The van der Waals surface area contributed by atoms with E-state index in [4.69, 9.17) is 14.2 Å². The van der Waals surface area contributed by atoms with E-state index in [9.17, 15) is 9.59 Å². The van der Waals surface area contributed by atoms with Crippen LogP contribution in [0.15, 0.2) is 18.2 Å². The molecule has 0 heterocycles. The number of esters is 1. The highest BCUT2D eigenvalue weighted by atomic mass is 16.5. The predicted octanol–water partition coefficient (Wildman–Crippen LogP) is 2.44. The average Bonchev–Trinajstić information content (AvgIpc) is 2.70. The van der Waals surface area contributed by atoms with Crippen molar-refractivity contribution in [1.29, 1.82) is 0 Å². The van der Waals surface area contributed by atoms with Crippen LogP contribution >= 0.6 is 0 Å². The molecule has 0 bridgehead atoms. The molecule has 0 saturated carbocycles. The number of ether oxygens (including phenoxy) is 3. The molecule has 27 heavy (non-hydrogen) atoms. The maximum absolute atomic E-state index is 13.1. The van der Waals surface area contributed by atoms with Gasteiger partial charge in [-0.2, -0.15) is 0 Å². The zero-order valence-electron chi connectivity index (χ0n) is 17.1. The third-order valence-electron chi connectivity index (χ3n) is 4.36. The number of carbonyl (C=O) groups excluding carboxylic acids is 2. The van der Waals surface area contributed by atoms with Gasteiger partial charge in [-0.1, -0.05) is 13.8 Å². The smallest absolute Gasteiger partial charge is 0.307 e. The van der Waals surface area contributed by atoms with Crippen molar-refractivity contribution in [3.63, 3.8) is 0 Å². The first kappa shape index (κ1) is 22.8. The molecule has 0 aliphatic carbocycles. The monoisotopic (exact) mass is 380 g/mol. The number of hydrogen-bond donors (Lipinski definition) is 0. The number of amides is 1. The van der Waals surface area contributed by atoms with E-state index in [2.05, 4.69) is 18.7 Å². The number of nitrogens with zero attached hydrogens (tertiary/aromatic N) is 2. The van der Waals surface area contributed by atoms with Crippen molar-refractivity contribution >= 4 is 11.9 Å². The molecule has 0 unspecified atom stereocenters. The molecule has 1 amide bonds. The fourth-order valence-electron chi connectivity index (χ4n) is 2.69. The molecule has 0 fully saturated rings. The summed E-state index contributed by atoms with van der Waals surface area (Å²) in [6, 6.07) is 5.08. The van der Waals surface area contributed by atoms with Gasteiger partial charge in [0.05, 0.1) is 27.2 Å². The molecule has 152 valence electrons. The van der Waals surface area contributed by atoms with E-state index < -0.39 is 0 Å². The van der Waals surface area contributed by atoms with Gasteiger partial charge in [0.1, 0.15) is 11.5 Å². The van der Waals surface area contributed by atoms with Gasteiger partial charge in [0.25, 0.3) is 5.91 Å². The SMILES string of the molecule is CCOC(=O)CCN(CCN(CC)CC)C(=O)c1cc(OC)cc(OC)c1. The second kappa shape index (κ2) is 12.2. The maximum atomic E-state index is 13.1. The van der Waals surface area contributed by atoms with Crippen LogP contribution in [-0.2, 0) is 9.53 Å². The van der Waals surface area contributed by atoms with Gasteiger partial charge < -0.3 is 24.0 Å². The van der Waals surface area contributed by atoms with Crippen LogP contribution in [0.2, 0.25) is 0 Å². The summed E-state index contributed by atoms with van der Waals surface area (Å²) in [5.41, 5.74) is 0.467. The first-order chi connectivity index (χ1) is 13.0. The van der Waals surface area contributed by atoms with E-state index in [1.807, 2.05) is 0 Å². The van der Waals surface area contributed by atoms with E-state index in [1.54, 1.807) is 44.2 Å². The molecule has 0 saturated heterocycles. The van der Waals surface area contributed by atoms with Crippen LogP contribution in [-0.4, -0.2) is 75.2 Å². The highest BCUT2D eigenvalue weighted by molar-refractivity contribution is 5.95. The summed E-state index contributed by atoms with van der Waals surface area (Å²) in [6.07, 6.45) is 0.166. The molecule has 0 aliphatic heterocycles. The molecular weight excluding hydrogens is 348 g/mol. The number of hydrogen-bond acceptors (Lipinski definition) is 6. The minimum absolute atomic E-state index is 0.163. The van der Waals surface area contributed by atoms with Gasteiger partial charge in [-0.25, -0.2) is 0 Å². The quantitative estimate of drug-likeness (QED) is 0.519. The molecule has 7 nitrogen and oxygen atoms in total. The van der Waals surface area contributed by atoms with Crippen molar-refractivity contribution < 1.29 is 23.8 Å². The summed E-state index contributed by atoms with van der Waals surface area (Å²) in [5, 5.41) is 0. The molecule has 7 heteroatoms. The molecule has 1 aromatic rings. The standard InChI is InChI=1S/C20H32N2O5/c1-6-21(7-2)11-12-22(10-9-19(23)27-8-3)20(24)16-13-17(25-4)15-18(14-16)26-5/h13-15H,6-12H2,1-5H3. The molecule has 0 N–H and O–H groups in total. The number of likely N-dealkylation sites (N-methyl/N-ethyl adjacent to an activating group) is 1. The highest BCUT2D eigenvalue weighted by Crippen LogP contribution is 2.23. The lowest BCUT2D eigenvalue weighted by Gasteiger charge is -2.26. The Morgan fingerprint density at radius 2 is 1.48 bits per heavy atom. The number of methoxy groups -OCH3 is 2. The van der Waals surface area contributed by atoms with Crippen molar-refractivity contribution in [1.82, 2.24) is 9.80 Å². The second-order valence-corrected chi connectivity index (χ2v) is 5.98. The minimum Gasteiger partial charge on any atom is -0.497 e. The van der Waals surface area contributed by atoms with Crippen LogP contribution in [0, 0.1) is 0 Å². The van der Waals surface area contributed by atoms with Crippen LogP contribution in [0.4, 0.5) is 0 Å². The Hall–Kier alpha value is -2.28. The fraction of sp³-hybridized carbons (Fsp3) is 0.600. The number of rotatable bonds is 12. The van der Waals surface area contributed by atoms with Crippen LogP contribution in [0.25, 0.3) is 0 Å². The van der Waals surface area contributed by atoms with E-state index in [0.717, 1.165) is 19.6 Å². The molecule has 0 spiro atoms. The lowest BCUT2D eigenvalue weighted by atomic mass is 10.1. The Morgan fingerprint density at radius 3 is 1.96 bits per heavy atom. The fourth-order valence-corrected chi connectivity index (χ4v) is 2.69. The van der Waals surface area contributed by atoms with Gasteiger partial charge in [0.15, 0.2) is 0 Å². The molecule has 1 rings (SSSR count). The van der Waals surface area contributed by atoms with Gasteiger partial charge in [-0.05, 0) is 32.1 Å². The van der Waals surface area contributed by atoms with Crippen molar-refractivity contribution in [2.45, 2.75) is 27.2 Å². The minimum atomic E-state index is -0.304. The summed E-state index contributed by atoms with van der Waals surface area (Å²) in [6.45, 7) is 9.65. The van der Waals surface area contributed by atoms with Gasteiger partial charge in [-0.3, -0.25) is 9.59 Å². The van der Waals surface area contributed by atoms with Crippen LogP contribution in [0.1, 0.15) is 37.6 Å². The Morgan fingerprint density at radius 1 is 0.889 bits per heavy atom. The zero-order valence-corrected chi connectivity index (χ0v) is 17.1. The van der Waals surface area contributed by atoms with Gasteiger partial charge in [0.2, 0.25) is 0 Å². The van der Waals surface area contributed by atoms with Crippen LogP contribution < -0.4 is 9.47 Å². The molecular formula is C20H32N2O5. The van der Waals surface area contributed by atoms with E-state index >= 15 is 0 Å². The maximum Gasteiger partial charge on any atom is 0.307 e. The molecule has 0 radical (unpaired) electrons. The molecule has 0 aliphatic rings. The van der Waals surface area contributed by atoms with E-state index in [0.29, 0.717) is 36.8 Å². The normalized spacial score (nSPS) is 10.6. The average molecular weight is 380 g/mol. The van der Waals surface area contributed by atoms with Crippen molar-refractivity contribution in [2.75, 3.05) is 53.6 Å². The van der Waals surface area contributed by atoms with Gasteiger partial charge in [0, 0.05) is 31.3 Å². The van der Waals surface area contributed by atoms with Crippen molar-refractivity contribution in [3.05, 3.63) is 23.8 Å². The predicted molar refractivity (Wildman–Crippen MR) is 104 cm³/mol. The lowest BCUT2D eigenvalue weighted by Crippen LogP contribution is -2.40. The topological polar surface area (TPSA) is 68.3 Å². The zero-order chi connectivity index (χ0) is 20.2. The number of carbonyl (C=O) groups is 2. The Bertz CT molecular complexity index is 580. The van der Waals surface area contributed by atoms with Crippen molar-refractivity contribution in [3.8, 4) is 11.5 Å². The second-order valence-electron chi connectivity index (χ2n) is 5.98. The Balaban J connectivity index is 2.97. The summed E-state index contributed by atoms with van der Waals surface area (Å²) in [5.74, 6) is 0.628. The lowest BCUT2D eigenvalue weighted by molar-refractivity contribution is -0.143. The summed E-state index contributed by atoms with van der Waals surface area (Å²) < 4.78 is 15.5. The number of benzene rings is 1. The first-order valence-electron chi connectivity index (χ1n) is 9.39. The van der Waals surface area contributed by atoms with Crippen molar-refractivity contribution in [2.24, 2.45) is 0 Å². The molecule has 0 atom stereocenters. The summed E-state index contributed by atoms with van der Waals surface area (Å²) in [7, 11) is 3.09. The Kier molecular flexibility index (Phi) is 10.3. The van der Waals surface area contributed by atoms with Gasteiger partial charge in [-0.15, -0.1) is 0 Å². The van der Waals surface area contributed by atoms with Crippen LogP contribution in [0.5, 0.6) is 11.5 Å². The van der Waals surface area contributed by atoms with Crippen LogP contribution in [0.3, 0.4) is 0 Å². The Labute approximate surface area is 162 Å². The third kappa shape index (κ3) is 7.46.